The largest absolute Gasteiger partial charge is 0.351 e. The minimum atomic E-state index is -0.0110. The van der Waals surface area contributed by atoms with Crippen LogP contribution in [0.4, 0.5) is 0 Å². The van der Waals surface area contributed by atoms with Gasteiger partial charge in [0, 0.05) is 17.8 Å². The molecule has 1 aromatic rings. The Bertz CT molecular complexity index is 281. The number of likely N-dealkylation sites (N-methyl/N-ethyl adjacent to an activating group) is 1. The van der Waals surface area contributed by atoms with Crippen molar-refractivity contribution in [3.63, 3.8) is 0 Å². The van der Waals surface area contributed by atoms with Gasteiger partial charge in [-0.3, -0.25) is 9.89 Å². The molecule has 0 fully saturated rings. The molecule has 0 atom stereocenters. The summed E-state index contributed by atoms with van der Waals surface area (Å²) in [7, 11) is 1.74. The maximum atomic E-state index is 11.0. The Kier molecular flexibility index (Phi) is 3.45. The average Bonchev–Trinajstić information content (AvgIpc) is 2.48. The molecule has 0 saturated heterocycles. The van der Waals surface area contributed by atoms with Gasteiger partial charge in [-0.15, -0.1) is 0 Å². The minimum absolute atomic E-state index is 0.0110. The summed E-state index contributed by atoms with van der Waals surface area (Å²) in [5.41, 5.74) is 2.01. The summed E-state index contributed by atoms with van der Waals surface area (Å²) in [5.74, 6) is -0.0110. The van der Waals surface area contributed by atoms with E-state index in [2.05, 4.69) is 20.8 Å². The zero-order chi connectivity index (χ0) is 9.68. The summed E-state index contributed by atoms with van der Waals surface area (Å²) in [6, 6.07) is 0. The summed E-state index contributed by atoms with van der Waals surface area (Å²) < 4.78 is 0. The van der Waals surface area contributed by atoms with Crippen LogP contribution < -0.4 is 10.6 Å². The molecular formula is C8H14N4O. The van der Waals surface area contributed by atoms with E-state index >= 15 is 0 Å². The lowest BCUT2D eigenvalue weighted by Crippen LogP contribution is -2.31. The highest BCUT2D eigenvalue weighted by molar-refractivity contribution is 5.77. The van der Waals surface area contributed by atoms with Gasteiger partial charge < -0.3 is 10.6 Å². The molecule has 0 radical (unpaired) electrons. The Hall–Kier alpha value is -1.36. The van der Waals surface area contributed by atoms with Crippen LogP contribution in [-0.4, -0.2) is 29.7 Å². The number of nitrogens with one attached hydrogen (secondary N) is 3. The molecule has 0 aromatic carbocycles. The second-order valence-corrected chi connectivity index (χ2v) is 2.83. The van der Waals surface area contributed by atoms with Crippen molar-refractivity contribution in [1.82, 2.24) is 20.8 Å². The average molecular weight is 182 g/mol. The second-order valence-electron chi connectivity index (χ2n) is 2.83. The lowest BCUT2D eigenvalue weighted by Gasteiger charge is -2.02. The van der Waals surface area contributed by atoms with Crippen LogP contribution in [-0.2, 0) is 11.3 Å². The van der Waals surface area contributed by atoms with Crippen LogP contribution in [0.2, 0.25) is 0 Å². The summed E-state index contributed by atoms with van der Waals surface area (Å²) in [5, 5.41) is 12.2. The van der Waals surface area contributed by atoms with Crippen molar-refractivity contribution >= 4 is 5.91 Å². The first-order chi connectivity index (χ1) is 6.24. The zero-order valence-corrected chi connectivity index (χ0v) is 7.85. The maximum absolute atomic E-state index is 11.0. The van der Waals surface area contributed by atoms with Crippen molar-refractivity contribution < 1.29 is 4.79 Å². The third-order valence-electron chi connectivity index (χ3n) is 1.75. The van der Waals surface area contributed by atoms with Gasteiger partial charge in [0.2, 0.25) is 5.91 Å². The van der Waals surface area contributed by atoms with E-state index in [0.29, 0.717) is 13.1 Å². The molecule has 0 unspecified atom stereocenters. The molecule has 0 aliphatic heterocycles. The molecule has 0 aliphatic carbocycles. The van der Waals surface area contributed by atoms with Crippen LogP contribution in [0.3, 0.4) is 0 Å². The number of aromatic amines is 1. The molecule has 5 nitrogen and oxygen atoms in total. The molecule has 0 bridgehead atoms. The summed E-state index contributed by atoms with van der Waals surface area (Å²) in [4.78, 5) is 11.0. The van der Waals surface area contributed by atoms with Crippen molar-refractivity contribution in [3.8, 4) is 0 Å². The first-order valence-electron chi connectivity index (χ1n) is 4.14. The van der Waals surface area contributed by atoms with Gasteiger partial charge in [-0.25, -0.2) is 0 Å². The quantitative estimate of drug-likeness (QED) is 0.591. The smallest absolute Gasteiger partial charge is 0.234 e. The first kappa shape index (κ1) is 9.73. The van der Waals surface area contributed by atoms with Crippen LogP contribution >= 0.6 is 0 Å². The summed E-state index contributed by atoms with van der Waals surface area (Å²) in [6.45, 7) is 2.80. The van der Waals surface area contributed by atoms with Gasteiger partial charge in [0.25, 0.3) is 0 Å². The molecule has 1 heterocycles. The van der Waals surface area contributed by atoms with Crippen LogP contribution in [0.15, 0.2) is 6.20 Å². The van der Waals surface area contributed by atoms with Gasteiger partial charge in [0.15, 0.2) is 0 Å². The number of carbonyl (C=O) groups excluding carboxylic acids is 1. The minimum Gasteiger partial charge on any atom is -0.351 e. The number of rotatable bonds is 4. The Morgan fingerprint density at radius 1 is 1.69 bits per heavy atom. The second kappa shape index (κ2) is 4.61. The number of carbonyl (C=O) groups is 1. The lowest BCUT2D eigenvalue weighted by molar-refractivity contribution is -0.120. The molecule has 5 heteroatoms. The van der Waals surface area contributed by atoms with Gasteiger partial charge in [-0.1, -0.05) is 0 Å². The van der Waals surface area contributed by atoms with Crippen molar-refractivity contribution in [2.45, 2.75) is 13.5 Å². The highest BCUT2D eigenvalue weighted by atomic mass is 16.1. The Morgan fingerprint density at radius 3 is 3.00 bits per heavy atom. The Morgan fingerprint density at radius 2 is 2.46 bits per heavy atom. The van der Waals surface area contributed by atoms with Crippen LogP contribution in [0.5, 0.6) is 0 Å². The lowest BCUT2D eigenvalue weighted by atomic mass is 10.2. The van der Waals surface area contributed by atoms with Crippen molar-refractivity contribution in [2.75, 3.05) is 13.6 Å². The fourth-order valence-electron chi connectivity index (χ4n) is 0.971. The molecular weight excluding hydrogens is 168 g/mol. The van der Waals surface area contributed by atoms with E-state index in [0.717, 1.165) is 11.3 Å². The first-order valence-corrected chi connectivity index (χ1v) is 4.14. The van der Waals surface area contributed by atoms with E-state index in [-0.39, 0.29) is 5.91 Å². The number of aromatic nitrogens is 2. The van der Waals surface area contributed by atoms with Gasteiger partial charge >= 0.3 is 0 Å². The number of hydrogen-bond donors (Lipinski definition) is 3. The normalized spacial score (nSPS) is 10.0. The molecule has 13 heavy (non-hydrogen) atoms. The fourth-order valence-corrected chi connectivity index (χ4v) is 0.971. The molecule has 1 aromatic heterocycles. The summed E-state index contributed by atoms with van der Waals surface area (Å²) in [6.07, 6.45) is 1.72. The van der Waals surface area contributed by atoms with Crippen molar-refractivity contribution in [3.05, 3.63) is 17.5 Å². The SMILES string of the molecule is CNCC(=O)NCc1cn[nH]c1C. The molecule has 0 spiro atoms. The molecule has 0 saturated carbocycles. The van der Waals surface area contributed by atoms with Gasteiger partial charge in [0.05, 0.1) is 12.7 Å². The number of amides is 1. The van der Waals surface area contributed by atoms with Crippen LogP contribution in [0.1, 0.15) is 11.3 Å². The molecule has 1 amide bonds. The van der Waals surface area contributed by atoms with E-state index in [4.69, 9.17) is 0 Å². The predicted molar refractivity (Wildman–Crippen MR) is 49.1 cm³/mol. The van der Waals surface area contributed by atoms with Crippen molar-refractivity contribution in [1.29, 1.82) is 0 Å². The monoisotopic (exact) mass is 182 g/mol. The van der Waals surface area contributed by atoms with E-state index < -0.39 is 0 Å². The number of aryl methyl sites for hydroxylation is 1. The van der Waals surface area contributed by atoms with Crippen LogP contribution in [0, 0.1) is 6.92 Å². The highest BCUT2D eigenvalue weighted by Gasteiger charge is 2.02. The van der Waals surface area contributed by atoms with E-state index in [1.165, 1.54) is 0 Å². The highest BCUT2D eigenvalue weighted by Crippen LogP contribution is 2.00. The number of nitrogens with zero attached hydrogens (tertiary/aromatic N) is 1. The molecule has 3 N–H and O–H groups in total. The maximum Gasteiger partial charge on any atom is 0.234 e. The molecule has 0 aliphatic rings. The molecule has 1 rings (SSSR count). The predicted octanol–water partition coefficient (Wildman–Crippen LogP) is -0.446. The standard InChI is InChI=1S/C8H14N4O/c1-6-7(4-11-12-6)3-10-8(13)5-9-2/h4,9H,3,5H2,1-2H3,(H,10,13)(H,11,12). The number of hydrogen-bond acceptors (Lipinski definition) is 3. The van der Waals surface area contributed by atoms with Gasteiger partial charge in [-0.2, -0.15) is 5.10 Å². The third-order valence-corrected chi connectivity index (χ3v) is 1.75. The van der Waals surface area contributed by atoms with E-state index in [1.54, 1.807) is 13.2 Å². The fraction of sp³-hybridized carbons (Fsp3) is 0.500. The van der Waals surface area contributed by atoms with E-state index in [9.17, 15) is 4.79 Å². The molecule has 72 valence electrons. The van der Waals surface area contributed by atoms with Gasteiger partial charge in [-0.05, 0) is 14.0 Å². The van der Waals surface area contributed by atoms with Gasteiger partial charge in [0.1, 0.15) is 0 Å². The topological polar surface area (TPSA) is 69.8 Å². The van der Waals surface area contributed by atoms with Crippen LogP contribution in [0.25, 0.3) is 0 Å². The third kappa shape index (κ3) is 2.87. The number of H-pyrrole nitrogens is 1. The van der Waals surface area contributed by atoms with Crippen molar-refractivity contribution in [2.24, 2.45) is 0 Å². The Labute approximate surface area is 76.9 Å². The van der Waals surface area contributed by atoms with E-state index in [1.807, 2.05) is 6.92 Å². The zero-order valence-electron chi connectivity index (χ0n) is 7.85. The summed E-state index contributed by atoms with van der Waals surface area (Å²) >= 11 is 0. The Balaban J connectivity index is 2.35.